The Balaban J connectivity index is 3.02. The molecule has 0 fully saturated rings. The first-order chi connectivity index (χ1) is 6.54. The summed E-state index contributed by atoms with van der Waals surface area (Å²) in [6.45, 7) is 2.12. The molecule has 0 bridgehead atoms. The topological polar surface area (TPSA) is 68.2 Å². The lowest BCUT2D eigenvalue weighted by atomic mass is 10.3. The van der Waals surface area contributed by atoms with Gasteiger partial charge in [0, 0.05) is 22.8 Å². The van der Waals surface area contributed by atoms with Gasteiger partial charge in [-0.25, -0.2) is 0 Å². The summed E-state index contributed by atoms with van der Waals surface area (Å²) < 4.78 is 2.27. The normalized spacial score (nSPS) is 12.9. The first-order valence-electron chi connectivity index (χ1n) is 4.29. The number of aryl methyl sites for hydroxylation is 1. The fourth-order valence-corrected chi connectivity index (χ4v) is 1.77. The maximum atomic E-state index is 11.6. The average molecular weight is 261 g/mol. The molecule has 14 heavy (non-hydrogen) atoms. The third-order valence-corrected chi connectivity index (χ3v) is 2.34. The Morgan fingerprint density at radius 1 is 1.71 bits per heavy atom. The third-order valence-electron chi connectivity index (χ3n) is 1.91. The van der Waals surface area contributed by atoms with Crippen molar-refractivity contribution in [1.29, 1.82) is 0 Å². The van der Waals surface area contributed by atoms with Gasteiger partial charge in [-0.1, -0.05) is 0 Å². The van der Waals surface area contributed by atoms with E-state index in [1.54, 1.807) is 19.2 Å². The van der Waals surface area contributed by atoms with E-state index < -0.39 is 6.10 Å². The molecule has 0 saturated carbocycles. The Morgan fingerprint density at radius 3 is 2.93 bits per heavy atom. The molecule has 0 unspecified atom stereocenters. The van der Waals surface area contributed by atoms with Gasteiger partial charge in [0.2, 0.25) is 0 Å². The summed E-state index contributed by atoms with van der Waals surface area (Å²) in [5.41, 5.74) is 5.81. The van der Waals surface area contributed by atoms with E-state index in [1.807, 2.05) is 0 Å². The molecule has 0 saturated heterocycles. The van der Waals surface area contributed by atoms with E-state index in [0.29, 0.717) is 5.56 Å². The van der Waals surface area contributed by atoms with Crippen LogP contribution in [0.3, 0.4) is 0 Å². The lowest BCUT2D eigenvalue weighted by Crippen LogP contribution is -2.31. The van der Waals surface area contributed by atoms with Crippen LogP contribution in [-0.2, 0) is 6.54 Å². The smallest absolute Gasteiger partial charge is 0.253 e. The molecule has 1 aromatic rings. The van der Waals surface area contributed by atoms with E-state index in [0.717, 1.165) is 4.47 Å². The van der Waals surface area contributed by atoms with Gasteiger partial charge < -0.3 is 15.4 Å². The zero-order valence-corrected chi connectivity index (χ0v) is 9.49. The SMILES string of the molecule is Cc1cc(Br)cn(C[C@@H](O)CN)c1=O. The molecular formula is C9H13BrN2O2. The molecule has 1 aromatic heterocycles. The number of rotatable bonds is 3. The predicted molar refractivity (Wildman–Crippen MR) is 58.2 cm³/mol. The summed E-state index contributed by atoms with van der Waals surface area (Å²) in [7, 11) is 0. The van der Waals surface area contributed by atoms with Gasteiger partial charge in [-0.05, 0) is 28.9 Å². The van der Waals surface area contributed by atoms with Crippen LogP contribution in [0.4, 0.5) is 0 Å². The molecule has 1 rings (SSSR count). The van der Waals surface area contributed by atoms with Crippen LogP contribution in [0.25, 0.3) is 0 Å². The fraction of sp³-hybridized carbons (Fsp3) is 0.444. The van der Waals surface area contributed by atoms with Crippen molar-refractivity contribution in [3.8, 4) is 0 Å². The second kappa shape index (κ2) is 4.72. The quantitative estimate of drug-likeness (QED) is 0.818. The summed E-state index contributed by atoms with van der Waals surface area (Å²) >= 11 is 3.29. The highest BCUT2D eigenvalue weighted by Crippen LogP contribution is 2.08. The molecule has 0 aliphatic carbocycles. The largest absolute Gasteiger partial charge is 0.390 e. The van der Waals surface area contributed by atoms with Gasteiger partial charge in [-0.15, -0.1) is 0 Å². The Kier molecular flexibility index (Phi) is 3.86. The van der Waals surface area contributed by atoms with Crippen molar-refractivity contribution in [2.45, 2.75) is 19.6 Å². The van der Waals surface area contributed by atoms with E-state index in [2.05, 4.69) is 15.9 Å². The monoisotopic (exact) mass is 260 g/mol. The average Bonchev–Trinajstić information content (AvgIpc) is 2.13. The summed E-state index contributed by atoms with van der Waals surface area (Å²) in [4.78, 5) is 11.6. The van der Waals surface area contributed by atoms with Crippen LogP contribution in [0.1, 0.15) is 5.56 Å². The van der Waals surface area contributed by atoms with Crippen LogP contribution in [0.2, 0.25) is 0 Å². The fourth-order valence-electron chi connectivity index (χ4n) is 1.18. The molecule has 0 amide bonds. The zero-order chi connectivity index (χ0) is 10.7. The number of hydrogen-bond donors (Lipinski definition) is 2. The number of aromatic nitrogens is 1. The van der Waals surface area contributed by atoms with Gasteiger partial charge in [0.1, 0.15) is 0 Å². The van der Waals surface area contributed by atoms with Crippen LogP contribution in [-0.4, -0.2) is 22.3 Å². The highest BCUT2D eigenvalue weighted by Gasteiger charge is 2.06. The highest BCUT2D eigenvalue weighted by molar-refractivity contribution is 9.10. The zero-order valence-electron chi connectivity index (χ0n) is 7.90. The van der Waals surface area contributed by atoms with Crippen molar-refractivity contribution in [1.82, 2.24) is 4.57 Å². The van der Waals surface area contributed by atoms with E-state index in [9.17, 15) is 9.90 Å². The summed E-state index contributed by atoms with van der Waals surface area (Å²) in [5.74, 6) is 0. The number of aliphatic hydroxyl groups excluding tert-OH is 1. The molecule has 0 radical (unpaired) electrons. The molecule has 4 nitrogen and oxygen atoms in total. The molecule has 1 atom stereocenters. The van der Waals surface area contributed by atoms with Gasteiger partial charge in [0.25, 0.3) is 5.56 Å². The molecule has 0 aliphatic rings. The molecule has 3 N–H and O–H groups in total. The molecule has 1 heterocycles. The van der Waals surface area contributed by atoms with Gasteiger partial charge in [-0.2, -0.15) is 0 Å². The lowest BCUT2D eigenvalue weighted by molar-refractivity contribution is 0.160. The maximum Gasteiger partial charge on any atom is 0.253 e. The third kappa shape index (κ3) is 2.67. The van der Waals surface area contributed by atoms with Gasteiger partial charge in [0.15, 0.2) is 0 Å². The molecule has 0 aliphatic heterocycles. The van der Waals surface area contributed by atoms with Gasteiger partial charge >= 0.3 is 0 Å². The maximum absolute atomic E-state index is 11.6. The van der Waals surface area contributed by atoms with Crippen molar-refractivity contribution in [2.75, 3.05) is 6.54 Å². The van der Waals surface area contributed by atoms with Crippen molar-refractivity contribution < 1.29 is 5.11 Å². The van der Waals surface area contributed by atoms with Crippen molar-refractivity contribution in [3.63, 3.8) is 0 Å². The van der Waals surface area contributed by atoms with Crippen LogP contribution in [0, 0.1) is 6.92 Å². The first-order valence-corrected chi connectivity index (χ1v) is 5.08. The molecule has 0 spiro atoms. The van der Waals surface area contributed by atoms with Gasteiger partial charge in [-0.3, -0.25) is 4.79 Å². The number of hydrogen-bond acceptors (Lipinski definition) is 3. The predicted octanol–water partition coefficient (Wildman–Crippen LogP) is 0.239. The van der Waals surface area contributed by atoms with Crippen molar-refractivity contribution >= 4 is 15.9 Å². The highest BCUT2D eigenvalue weighted by atomic mass is 79.9. The standard InChI is InChI=1S/C9H13BrN2O2/c1-6-2-7(10)4-12(9(6)14)5-8(13)3-11/h2,4,8,13H,3,5,11H2,1H3/t8-/m0/s1. The minimum atomic E-state index is -0.679. The van der Waals surface area contributed by atoms with Crippen LogP contribution in [0.5, 0.6) is 0 Å². The number of aliphatic hydroxyl groups is 1. The van der Waals surface area contributed by atoms with E-state index in [-0.39, 0.29) is 18.6 Å². The number of halogens is 1. The summed E-state index contributed by atoms with van der Waals surface area (Å²) in [6, 6.07) is 1.74. The lowest BCUT2D eigenvalue weighted by Gasteiger charge is -2.11. The van der Waals surface area contributed by atoms with Crippen LogP contribution >= 0.6 is 15.9 Å². The summed E-state index contributed by atoms with van der Waals surface area (Å²) in [6.07, 6.45) is 0.968. The Morgan fingerprint density at radius 2 is 2.36 bits per heavy atom. The molecule has 78 valence electrons. The number of nitrogens with zero attached hydrogens (tertiary/aromatic N) is 1. The Labute approximate surface area is 90.5 Å². The first kappa shape index (κ1) is 11.4. The Hall–Kier alpha value is -0.650. The minimum absolute atomic E-state index is 0.0966. The number of nitrogens with two attached hydrogens (primary N) is 1. The van der Waals surface area contributed by atoms with Crippen molar-refractivity contribution in [2.24, 2.45) is 5.73 Å². The molecular weight excluding hydrogens is 248 g/mol. The van der Waals surface area contributed by atoms with E-state index in [1.165, 1.54) is 4.57 Å². The minimum Gasteiger partial charge on any atom is -0.390 e. The van der Waals surface area contributed by atoms with Crippen molar-refractivity contribution in [3.05, 3.63) is 32.7 Å². The van der Waals surface area contributed by atoms with E-state index in [4.69, 9.17) is 5.73 Å². The second-order valence-electron chi connectivity index (χ2n) is 3.19. The number of pyridine rings is 1. The van der Waals surface area contributed by atoms with Crippen LogP contribution in [0.15, 0.2) is 21.5 Å². The van der Waals surface area contributed by atoms with Crippen LogP contribution < -0.4 is 11.3 Å². The summed E-state index contributed by atoms with van der Waals surface area (Å²) in [5, 5.41) is 9.32. The molecule has 0 aromatic carbocycles. The van der Waals surface area contributed by atoms with Gasteiger partial charge in [0.05, 0.1) is 12.6 Å². The second-order valence-corrected chi connectivity index (χ2v) is 4.10. The van der Waals surface area contributed by atoms with E-state index >= 15 is 0 Å². The molecule has 5 heteroatoms. The Bertz CT molecular complexity index is 376.